The van der Waals surface area contributed by atoms with Gasteiger partial charge in [-0.15, -0.1) is 0 Å². The SMILES string of the molecule is COc1ccc(S(=O)(=O)Cl)cc1.O=S(=O)(Cl)c1cccc(C(F)(F)F)c1. The zero-order valence-electron chi connectivity index (χ0n) is 12.9. The number of hydrogen-bond acceptors (Lipinski definition) is 5. The lowest BCUT2D eigenvalue weighted by Crippen LogP contribution is -2.05. The Morgan fingerprint density at radius 3 is 1.73 bits per heavy atom. The van der Waals surface area contributed by atoms with Crippen LogP contribution in [0.3, 0.4) is 0 Å². The van der Waals surface area contributed by atoms with Gasteiger partial charge in [-0.2, -0.15) is 13.2 Å². The molecule has 12 heteroatoms. The summed E-state index contributed by atoms with van der Waals surface area (Å²) in [7, 11) is 3.75. The van der Waals surface area contributed by atoms with Crippen molar-refractivity contribution in [3.05, 3.63) is 54.1 Å². The number of hydrogen-bond donors (Lipinski definition) is 0. The molecule has 0 aliphatic carbocycles. The molecule has 5 nitrogen and oxygen atoms in total. The molecule has 0 atom stereocenters. The summed E-state index contributed by atoms with van der Waals surface area (Å²) in [6.45, 7) is 0. The third-order valence-electron chi connectivity index (χ3n) is 2.78. The molecule has 2 aromatic rings. The maximum Gasteiger partial charge on any atom is 0.416 e. The van der Waals surface area contributed by atoms with Crippen molar-refractivity contribution >= 4 is 39.5 Å². The van der Waals surface area contributed by atoms with Gasteiger partial charge in [0.05, 0.1) is 22.5 Å². The van der Waals surface area contributed by atoms with Crippen molar-refractivity contribution in [3.8, 4) is 5.75 Å². The lowest BCUT2D eigenvalue weighted by molar-refractivity contribution is -0.137. The predicted molar refractivity (Wildman–Crippen MR) is 90.5 cm³/mol. The molecule has 2 rings (SSSR count). The van der Waals surface area contributed by atoms with Crippen LogP contribution in [0.5, 0.6) is 5.75 Å². The third-order valence-corrected chi connectivity index (χ3v) is 5.51. The molecule has 0 unspecified atom stereocenters. The molecule has 0 aromatic heterocycles. The fourth-order valence-corrected chi connectivity index (χ4v) is 3.13. The van der Waals surface area contributed by atoms with Gasteiger partial charge in [0.1, 0.15) is 5.75 Å². The van der Waals surface area contributed by atoms with E-state index in [9.17, 15) is 30.0 Å². The molecule has 0 spiro atoms. The van der Waals surface area contributed by atoms with Crippen molar-refractivity contribution in [2.75, 3.05) is 7.11 Å². The highest BCUT2D eigenvalue weighted by atomic mass is 35.7. The number of benzene rings is 2. The van der Waals surface area contributed by atoms with Crippen molar-refractivity contribution in [1.29, 1.82) is 0 Å². The molecule has 0 bridgehead atoms. The van der Waals surface area contributed by atoms with E-state index in [0.717, 1.165) is 18.2 Å². The Bertz CT molecular complexity index is 957. The monoisotopic (exact) mass is 450 g/mol. The first-order valence-corrected chi connectivity index (χ1v) is 11.1. The van der Waals surface area contributed by atoms with E-state index >= 15 is 0 Å². The molecule has 0 N–H and O–H groups in total. The minimum atomic E-state index is -4.57. The molecule has 0 aliphatic rings. The molecule has 0 aliphatic heterocycles. The lowest BCUT2D eigenvalue weighted by atomic mass is 10.2. The molecule has 0 fully saturated rings. The number of ether oxygens (including phenoxy) is 1. The van der Waals surface area contributed by atoms with Crippen LogP contribution in [-0.4, -0.2) is 23.9 Å². The minimum Gasteiger partial charge on any atom is -0.497 e. The van der Waals surface area contributed by atoms with E-state index in [1.165, 1.54) is 31.4 Å². The van der Waals surface area contributed by atoms with Crippen LogP contribution in [0.2, 0.25) is 0 Å². The largest absolute Gasteiger partial charge is 0.497 e. The van der Waals surface area contributed by atoms with Crippen LogP contribution >= 0.6 is 21.4 Å². The van der Waals surface area contributed by atoms with E-state index in [0.29, 0.717) is 11.8 Å². The third kappa shape index (κ3) is 7.02. The molecule has 144 valence electrons. The average Bonchev–Trinajstić information content (AvgIpc) is 2.53. The van der Waals surface area contributed by atoms with Gasteiger partial charge in [0.2, 0.25) is 0 Å². The molecular formula is C14H11Cl2F3O5S2. The first kappa shape index (κ1) is 22.6. The zero-order chi connectivity index (χ0) is 20.2. The Morgan fingerprint density at radius 1 is 0.846 bits per heavy atom. The maximum atomic E-state index is 12.1. The molecule has 0 saturated heterocycles. The van der Waals surface area contributed by atoms with E-state index in [1.54, 1.807) is 0 Å². The highest BCUT2D eigenvalue weighted by Crippen LogP contribution is 2.31. The Balaban J connectivity index is 0.000000263. The van der Waals surface area contributed by atoms with Crippen molar-refractivity contribution in [1.82, 2.24) is 0 Å². The molecule has 2 aromatic carbocycles. The summed E-state index contributed by atoms with van der Waals surface area (Å²) in [6.07, 6.45) is -4.57. The van der Waals surface area contributed by atoms with Crippen LogP contribution in [0.15, 0.2) is 58.3 Å². The summed E-state index contributed by atoms with van der Waals surface area (Å²) in [4.78, 5) is -0.487. The number of halogens is 5. The second kappa shape index (κ2) is 8.47. The van der Waals surface area contributed by atoms with Crippen molar-refractivity contribution in [2.24, 2.45) is 0 Å². The van der Waals surface area contributed by atoms with Crippen LogP contribution in [0.25, 0.3) is 0 Å². The van der Waals surface area contributed by atoms with Crippen LogP contribution in [0, 0.1) is 0 Å². The minimum absolute atomic E-state index is 0.0740. The van der Waals surface area contributed by atoms with Crippen LogP contribution < -0.4 is 4.74 Å². The van der Waals surface area contributed by atoms with Gasteiger partial charge < -0.3 is 4.74 Å². The predicted octanol–water partition coefficient (Wildman–Crippen LogP) is 4.26. The first-order valence-electron chi connectivity index (χ1n) is 6.46. The fraction of sp³-hybridized carbons (Fsp3) is 0.143. The standard InChI is InChI=1S/C7H4ClF3O2S.C7H7ClO3S/c8-14(12,13)6-3-1-2-5(4-6)7(9,10)11;1-11-6-2-4-7(5-3-6)12(8,9)10/h1-4H;2-5H,1H3. The molecule has 0 heterocycles. The Kier molecular flexibility index (Phi) is 7.34. The summed E-state index contributed by atoms with van der Waals surface area (Å²) in [6, 6.07) is 9.09. The number of methoxy groups -OCH3 is 1. The summed E-state index contributed by atoms with van der Waals surface area (Å²) in [5.41, 5.74) is -1.04. The smallest absolute Gasteiger partial charge is 0.416 e. The van der Waals surface area contributed by atoms with Crippen molar-refractivity contribution in [2.45, 2.75) is 16.0 Å². The summed E-state index contributed by atoms with van der Waals surface area (Å²) in [5, 5.41) is 0. The Morgan fingerprint density at radius 2 is 1.35 bits per heavy atom. The topological polar surface area (TPSA) is 77.5 Å². The first-order chi connectivity index (χ1) is 11.7. The van der Waals surface area contributed by atoms with E-state index in [2.05, 4.69) is 0 Å². The Hall–Kier alpha value is -1.49. The summed E-state index contributed by atoms with van der Waals surface area (Å²) >= 11 is 0. The van der Waals surface area contributed by atoms with E-state index in [-0.39, 0.29) is 4.90 Å². The molecule has 0 radical (unpaired) electrons. The normalized spacial score (nSPS) is 12.1. The fourth-order valence-electron chi connectivity index (χ4n) is 1.56. The summed E-state index contributed by atoms with van der Waals surface area (Å²) < 4.78 is 84.1. The van der Waals surface area contributed by atoms with Gasteiger partial charge in [-0.05, 0) is 42.5 Å². The molecule has 0 saturated carbocycles. The van der Waals surface area contributed by atoms with Gasteiger partial charge in [-0.1, -0.05) is 6.07 Å². The average molecular weight is 451 g/mol. The number of rotatable bonds is 3. The van der Waals surface area contributed by atoms with Gasteiger partial charge in [0, 0.05) is 21.4 Å². The van der Waals surface area contributed by atoms with E-state index in [4.69, 9.17) is 26.1 Å². The highest BCUT2D eigenvalue weighted by Gasteiger charge is 2.31. The highest BCUT2D eigenvalue weighted by molar-refractivity contribution is 8.14. The van der Waals surface area contributed by atoms with Crippen LogP contribution in [0.4, 0.5) is 13.2 Å². The molecule has 0 amide bonds. The second-order valence-corrected chi connectivity index (χ2v) is 9.71. The van der Waals surface area contributed by atoms with Gasteiger partial charge in [0.25, 0.3) is 18.1 Å². The van der Waals surface area contributed by atoms with Gasteiger partial charge in [-0.25, -0.2) is 16.8 Å². The molecular weight excluding hydrogens is 440 g/mol. The zero-order valence-corrected chi connectivity index (χ0v) is 16.0. The molecule has 26 heavy (non-hydrogen) atoms. The van der Waals surface area contributed by atoms with E-state index in [1.807, 2.05) is 0 Å². The maximum absolute atomic E-state index is 12.1. The van der Waals surface area contributed by atoms with E-state index < -0.39 is 34.7 Å². The van der Waals surface area contributed by atoms with Crippen molar-refractivity contribution < 1.29 is 34.7 Å². The lowest BCUT2D eigenvalue weighted by Gasteiger charge is -2.06. The van der Waals surface area contributed by atoms with Gasteiger partial charge in [-0.3, -0.25) is 0 Å². The Labute approximate surface area is 157 Å². The van der Waals surface area contributed by atoms with Crippen LogP contribution in [0.1, 0.15) is 5.56 Å². The van der Waals surface area contributed by atoms with Gasteiger partial charge >= 0.3 is 6.18 Å². The second-order valence-electron chi connectivity index (χ2n) is 4.58. The summed E-state index contributed by atoms with van der Waals surface area (Å²) in [5.74, 6) is 0.596. The van der Waals surface area contributed by atoms with Crippen molar-refractivity contribution in [3.63, 3.8) is 0 Å². The van der Waals surface area contributed by atoms with Gasteiger partial charge in [0.15, 0.2) is 0 Å². The quantitative estimate of drug-likeness (QED) is 0.652. The van der Waals surface area contributed by atoms with Crippen LogP contribution in [-0.2, 0) is 24.3 Å². The number of alkyl halides is 3.